The highest BCUT2D eigenvalue weighted by Gasteiger charge is 2.35. The van der Waals surface area contributed by atoms with Gasteiger partial charge in [0.1, 0.15) is 5.75 Å². The summed E-state index contributed by atoms with van der Waals surface area (Å²) in [5.74, 6) is -0.0441. The minimum Gasteiger partial charge on any atom is -0.507 e. The molecule has 11 nitrogen and oxygen atoms in total. The van der Waals surface area contributed by atoms with Crippen molar-refractivity contribution in [1.82, 2.24) is 4.57 Å². The van der Waals surface area contributed by atoms with Crippen molar-refractivity contribution in [2.45, 2.75) is 19.9 Å². The van der Waals surface area contributed by atoms with Gasteiger partial charge >= 0.3 is 5.97 Å². The van der Waals surface area contributed by atoms with Crippen molar-refractivity contribution in [2.75, 3.05) is 20.8 Å². The number of halogens is 1. The molecule has 13 heteroatoms. The maximum atomic E-state index is 13.8. The van der Waals surface area contributed by atoms with Crippen molar-refractivity contribution in [1.29, 1.82) is 0 Å². The van der Waals surface area contributed by atoms with E-state index in [1.165, 1.54) is 37.0 Å². The van der Waals surface area contributed by atoms with Crippen LogP contribution in [0.3, 0.4) is 0 Å². The number of rotatable bonds is 7. The third-order valence-electron chi connectivity index (χ3n) is 5.82. The molecule has 1 N–H and O–H groups in total. The normalized spacial score (nSPS) is 15.1. The molecule has 1 aromatic heterocycles. The van der Waals surface area contributed by atoms with Gasteiger partial charge in [-0.25, -0.2) is 9.79 Å². The fourth-order valence-electron chi connectivity index (χ4n) is 4.08. The first-order chi connectivity index (χ1) is 18.1. The Morgan fingerprint density at radius 3 is 2.58 bits per heavy atom. The van der Waals surface area contributed by atoms with Gasteiger partial charge in [0.15, 0.2) is 16.3 Å². The minimum atomic E-state index is -0.944. The fraction of sp³-hybridized carbons (Fsp3) is 0.240. The van der Waals surface area contributed by atoms with Crippen LogP contribution in [0.15, 0.2) is 55.9 Å². The minimum absolute atomic E-state index is 0.0923. The third kappa shape index (κ3) is 4.82. The van der Waals surface area contributed by atoms with Gasteiger partial charge in [0.05, 0.1) is 47.6 Å². The number of aromatic nitrogens is 1. The molecule has 0 unspecified atom stereocenters. The molecule has 3 aromatic rings. The van der Waals surface area contributed by atoms with E-state index in [9.17, 15) is 24.8 Å². The maximum Gasteiger partial charge on any atom is 0.338 e. The Hall–Kier alpha value is -3.97. The SMILES string of the molecule is CCOC(=O)C1=C(C)N=c2s/c(=C/c3cc([N+](=O)[O-])ccc3O)c(=O)n2[C@@H]1c1cc(OC)c(OC)cc1Br. The van der Waals surface area contributed by atoms with Crippen LogP contribution in [-0.4, -0.2) is 41.4 Å². The number of ether oxygens (including phenoxy) is 3. The highest BCUT2D eigenvalue weighted by Crippen LogP contribution is 2.40. The van der Waals surface area contributed by atoms with Crippen LogP contribution in [0.1, 0.15) is 31.0 Å². The molecule has 2 heterocycles. The fourth-order valence-corrected chi connectivity index (χ4v) is 5.65. The topological polar surface area (TPSA) is 142 Å². The zero-order valence-electron chi connectivity index (χ0n) is 20.7. The van der Waals surface area contributed by atoms with E-state index in [2.05, 4.69) is 20.9 Å². The number of benzene rings is 2. The molecule has 0 amide bonds. The van der Waals surface area contributed by atoms with Crippen molar-refractivity contribution < 1.29 is 29.0 Å². The van der Waals surface area contributed by atoms with E-state index < -0.39 is 22.5 Å². The number of non-ortho nitro benzene ring substituents is 1. The zero-order chi connectivity index (χ0) is 27.7. The van der Waals surface area contributed by atoms with E-state index >= 15 is 0 Å². The van der Waals surface area contributed by atoms with Gasteiger partial charge in [-0.05, 0) is 43.7 Å². The number of phenols is 1. The highest BCUT2D eigenvalue weighted by atomic mass is 79.9. The lowest BCUT2D eigenvalue weighted by atomic mass is 9.95. The van der Waals surface area contributed by atoms with Crippen LogP contribution in [0, 0.1) is 10.1 Å². The van der Waals surface area contributed by atoms with E-state index in [0.717, 1.165) is 17.4 Å². The first-order valence-corrected chi connectivity index (χ1v) is 12.8. The number of hydrogen-bond acceptors (Lipinski definition) is 10. The molecule has 4 rings (SSSR count). The lowest BCUT2D eigenvalue weighted by molar-refractivity contribution is -0.384. The van der Waals surface area contributed by atoms with Crippen molar-refractivity contribution in [3.05, 3.63) is 87.0 Å². The summed E-state index contributed by atoms with van der Waals surface area (Å²) in [6, 6.07) is 5.91. The number of carbonyl (C=O) groups excluding carboxylic acids is 1. The van der Waals surface area contributed by atoms with Crippen LogP contribution in [0.4, 0.5) is 5.69 Å². The average molecular weight is 604 g/mol. The molecule has 0 spiro atoms. The Labute approximate surface area is 228 Å². The number of nitrogens with zero attached hydrogens (tertiary/aromatic N) is 3. The number of methoxy groups -OCH3 is 2. The van der Waals surface area contributed by atoms with Crippen LogP contribution >= 0.6 is 27.3 Å². The monoisotopic (exact) mass is 603 g/mol. The van der Waals surface area contributed by atoms with E-state index in [1.807, 2.05) is 0 Å². The summed E-state index contributed by atoms with van der Waals surface area (Å²) < 4.78 is 18.2. The second kappa shape index (κ2) is 10.8. The number of carbonyl (C=O) groups is 1. The smallest absolute Gasteiger partial charge is 0.338 e. The molecule has 0 bridgehead atoms. The summed E-state index contributed by atoms with van der Waals surface area (Å²) in [6.07, 6.45) is 1.36. The van der Waals surface area contributed by atoms with Gasteiger partial charge in [-0.15, -0.1) is 0 Å². The van der Waals surface area contributed by atoms with Gasteiger partial charge in [-0.2, -0.15) is 0 Å². The number of thiazole rings is 1. The summed E-state index contributed by atoms with van der Waals surface area (Å²) in [7, 11) is 2.96. The Bertz CT molecular complexity index is 1670. The van der Waals surface area contributed by atoms with Gasteiger partial charge in [-0.3, -0.25) is 19.5 Å². The molecule has 0 saturated heterocycles. The predicted octanol–water partition coefficient (Wildman–Crippen LogP) is 3.19. The number of esters is 1. The van der Waals surface area contributed by atoms with Crippen molar-refractivity contribution in [3.8, 4) is 17.2 Å². The number of nitro benzene ring substituents is 1. The average Bonchev–Trinajstić information content (AvgIpc) is 3.18. The summed E-state index contributed by atoms with van der Waals surface area (Å²) in [5, 5.41) is 21.5. The molecule has 0 saturated carbocycles. The summed E-state index contributed by atoms with van der Waals surface area (Å²) in [4.78, 5) is 42.3. The first kappa shape index (κ1) is 27.1. The quantitative estimate of drug-likeness (QED) is 0.246. The van der Waals surface area contributed by atoms with E-state index in [0.29, 0.717) is 32.0 Å². The molecule has 0 radical (unpaired) electrons. The van der Waals surface area contributed by atoms with E-state index in [4.69, 9.17) is 14.2 Å². The van der Waals surface area contributed by atoms with Crippen molar-refractivity contribution in [2.24, 2.45) is 4.99 Å². The molecule has 1 atom stereocenters. The standard InChI is InChI=1S/C25H22BrN3O8S/c1-5-37-24(32)21-12(2)27-25-28(22(21)15-10-18(35-3)19(36-4)11-16(15)26)23(31)20(38-25)9-13-8-14(29(33)34)6-7-17(13)30/h6-11,22,30H,5H2,1-4H3/b20-9+/t22-/m1/s1. The number of nitro groups is 1. The zero-order valence-corrected chi connectivity index (χ0v) is 23.1. The molecule has 1 aliphatic heterocycles. The molecule has 198 valence electrons. The largest absolute Gasteiger partial charge is 0.507 e. The van der Waals surface area contributed by atoms with Gasteiger partial charge in [0.25, 0.3) is 11.2 Å². The van der Waals surface area contributed by atoms with Gasteiger partial charge in [0.2, 0.25) is 0 Å². The predicted molar refractivity (Wildman–Crippen MR) is 142 cm³/mol. The second-order valence-electron chi connectivity index (χ2n) is 8.03. The van der Waals surface area contributed by atoms with E-state index in [1.54, 1.807) is 26.0 Å². The Morgan fingerprint density at radius 1 is 1.26 bits per heavy atom. The van der Waals surface area contributed by atoms with Crippen LogP contribution in [-0.2, 0) is 9.53 Å². The lowest BCUT2D eigenvalue weighted by Crippen LogP contribution is -2.40. The molecular weight excluding hydrogens is 582 g/mol. The summed E-state index contributed by atoms with van der Waals surface area (Å²) in [5.41, 5.74) is 0.383. The van der Waals surface area contributed by atoms with Crippen molar-refractivity contribution >= 4 is 45.0 Å². The van der Waals surface area contributed by atoms with Crippen LogP contribution in [0.25, 0.3) is 6.08 Å². The second-order valence-corrected chi connectivity index (χ2v) is 9.89. The summed E-state index contributed by atoms with van der Waals surface area (Å²) in [6.45, 7) is 3.44. The number of allylic oxidation sites excluding steroid dienone is 1. The Kier molecular flexibility index (Phi) is 7.69. The summed E-state index contributed by atoms with van der Waals surface area (Å²) >= 11 is 4.56. The molecule has 2 aromatic carbocycles. The number of fused-ring (bicyclic) bond motifs is 1. The van der Waals surface area contributed by atoms with Crippen molar-refractivity contribution in [3.63, 3.8) is 0 Å². The third-order valence-corrected chi connectivity index (χ3v) is 7.49. The number of phenolic OH excluding ortho intramolecular Hbond substituents is 1. The van der Waals surface area contributed by atoms with E-state index in [-0.39, 0.29) is 33.7 Å². The molecule has 38 heavy (non-hydrogen) atoms. The lowest BCUT2D eigenvalue weighted by Gasteiger charge is -2.26. The van der Waals surface area contributed by atoms with Gasteiger partial charge < -0.3 is 19.3 Å². The first-order valence-electron chi connectivity index (χ1n) is 11.2. The highest BCUT2D eigenvalue weighted by molar-refractivity contribution is 9.10. The van der Waals surface area contributed by atoms with Gasteiger partial charge in [0, 0.05) is 22.2 Å². The van der Waals surface area contributed by atoms with Crippen LogP contribution < -0.4 is 24.4 Å². The molecule has 1 aliphatic rings. The number of hydrogen-bond donors (Lipinski definition) is 1. The van der Waals surface area contributed by atoms with Crippen LogP contribution in [0.2, 0.25) is 0 Å². The Balaban J connectivity index is 2.02. The molecule has 0 fully saturated rings. The van der Waals surface area contributed by atoms with Crippen LogP contribution in [0.5, 0.6) is 17.2 Å². The maximum absolute atomic E-state index is 13.8. The Morgan fingerprint density at radius 2 is 1.95 bits per heavy atom. The molecular formula is C25H22BrN3O8S. The number of aromatic hydroxyl groups is 1. The van der Waals surface area contributed by atoms with Gasteiger partial charge in [-0.1, -0.05) is 27.3 Å². The molecule has 0 aliphatic carbocycles.